The summed E-state index contributed by atoms with van der Waals surface area (Å²) in [7, 11) is 1.58. The minimum Gasteiger partial charge on any atom is -0.497 e. The van der Waals surface area contributed by atoms with Gasteiger partial charge in [0, 0.05) is 12.2 Å². The summed E-state index contributed by atoms with van der Waals surface area (Å²) in [6.07, 6.45) is 1.65. The van der Waals surface area contributed by atoms with Crippen molar-refractivity contribution in [1.29, 1.82) is 0 Å². The Labute approximate surface area is 149 Å². The van der Waals surface area contributed by atoms with E-state index in [0.29, 0.717) is 17.2 Å². The number of nitrogens with one attached hydrogen (secondary N) is 1. The summed E-state index contributed by atoms with van der Waals surface area (Å²) < 4.78 is 17.7. The Bertz CT molecular complexity index is 869. The molecule has 0 radical (unpaired) electrons. The third kappa shape index (κ3) is 4.00. The molecule has 0 aliphatic carbocycles. The highest BCUT2D eigenvalue weighted by molar-refractivity contribution is 5.89. The quantitative estimate of drug-likeness (QED) is 0.693. The summed E-state index contributed by atoms with van der Waals surface area (Å²) in [6.45, 7) is 3.80. The Morgan fingerprint density at radius 3 is 2.62 bits per heavy atom. The van der Waals surface area contributed by atoms with E-state index in [1.54, 1.807) is 48.3 Å². The van der Waals surface area contributed by atoms with Crippen molar-refractivity contribution in [3.05, 3.63) is 36.5 Å². The van der Waals surface area contributed by atoms with Gasteiger partial charge in [0.25, 0.3) is 11.8 Å². The molecule has 3 aromatic rings. The van der Waals surface area contributed by atoms with Gasteiger partial charge in [0.15, 0.2) is 6.61 Å². The number of benzene rings is 1. The first-order valence-corrected chi connectivity index (χ1v) is 8.01. The highest BCUT2D eigenvalue weighted by atomic mass is 16.5. The summed E-state index contributed by atoms with van der Waals surface area (Å²) in [5.41, 5.74) is 0.683. The Kier molecular flexibility index (Phi) is 5.16. The smallest absolute Gasteiger partial charge is 0.322 e. The molecule has 0 aliphatic rings. The van der Waals surface area contributed by atoms with Crippen LogP contribution in [0.2, 0.25) is 0 Å². The highest BCUT2D eigenvalue weighted by Gasteiger charge is 2.16. The number of carbonyl (C=O) groups is 1. The Morgan fingerprint density at radius 2 is 1.92 bits per heavy atom. The molecule has 3 rings (SSSR count). The third-order valence-corrected chi connectivity index (χ3v) is 3.48. The van der Waals surface area contributed by atoms with E-state index in [2.05, 4.69) is 20.6 Å². The SMILES string of the molecule is COc1ccc(OCC(=O)Nc2nnc(-c3ccnn3C(C)C)o2)cc1. The molecule has 26 heavy (non-hydrogen) atoms. The number of carbonyl (C=O) groups excluding carboxylic acids is 1. The zero-order valence-corrected chi connectivity index (χ0v) is 14.7. The second kappa shape index (κ2) is 7.68. The molecule has 0 atom stereocenters. The number of rotatable bonds is 7. The number of hydrogen-bond acceptors (Lipinski definition) is 7. The molecule has 2 aromatic heterocycles. The van der Waals surface area contributed by atoms with E-state index in [-0.39, 0.29) is 24.6 Å². The molecule has 136 valence electrons. The van der Waals surface area contributed by atoms with Crippen molar-refractivity contribution in [3.63, 3.8) is 0 Å². The maximum absolute atomic E-state index is 12.0. The van der Waals surface area contributed by atoms with Gasteiger partial charge in [0.1, 0.15) is 17.2 Å². The summed E-state index contributed by atoms with van der Waals surface area (Å²) in [5.74, 6) is 1.13. The molecule has 9 heteroatoms. The van der Waals surface area contributed by atoms with Gasteiger partial charge in [-0.15, -0.1) is 5.10 Å². The average molecular weight is 357 g/mol. The van der Waals surface area contributed by atoms with Crippen LogP contribution in [-0.2, 0) is 4.79 Å². The third-order valence-electron chi connectivity index (χ3n) is 3.48. The van der Waals surface area contributed by atoms with Crippen LogP contribution in [0.25, 0.3) is 11.6 Å². The van der Waals surface area contributed by atoms with E-state index in [9.17, 15) is 4.79 Å². The first kappa shape index (κ1) is 17.5. The number of nitrogens with zero attached hydrogens (tertiary/aromatic N) is 4. The van der Waals surface area contributed by atoms with Gasteiger partial charge in [0.05, 0.1) is 7.11 Å². The molecular weight excluding hydrogens is 338 g/mol. The normalized spacial score (nSPS) is 10.8. The van der Waals surface area contributed by atoms with Crippen LogP contribution in [-0.4, -0.2) is 39.6 Å². The van der Waals surface area contributed by atoms with Gasteiger partial charge < -0.3 is 13.9 Å². The number of anilines is 1. The van der Waals surface area contributed by atoms with Crippen molar-refractivity contribution >= 4 is 11.9 Å². The predicted molar refractivity (Wildman–Crippen MR) is 93.0 cm³/mol. The molecule has 1 N–H and O–H groups in total. The van der Waals surface area contributed by atoms with Crippen LogP contribution in [0.4, 0.5) is 6.01 Å². The van der Waals surface area contributed by atoms with Crippen molar-refractivity contribution in [2.24, 2.45) is 0 Å². The standard InChI is InChI=1S/C17H19N5O4/c1-11(2)22-14(8-9-18-22)16-20-21-17(26-16)19-15(23)10-25-13-6-4-12(24-3)5-7-13/h4-9,11H,10H2,1-3H3,(H,19,21,23). The van der Waals surface area contributed by atoms with Gasteiger partial charge in [0.2, 0.25) is 0 Å². The Hall–Kier alpha value is -3.36. The molecule has 0 saturated carbocycles. The molecule has 2 heterocycles. The first-order valence-electron chi connectivity index (χ1n) is 8.01. The van der Waals surface area contributed by atoms with E-state index in [0.717, 1.165) is 0 Å². The maximum Gasteiger partial charge on any atom is 0.322 e. The zero-order valence-electron chi connectivity index (χ0n) is 14.7. The maximum atomic E-state index is 12.0. The number of aromatic nitrogens is 4. The largest absolute Gasteiger partial charge is 0.497 e. The average Bonchev–Trinajstić information content (AvgIpc) is 3.29. The fraction of sp³-hybridized carbons (Fsp3) is 0.294. The molecule has 9 nitrogen and oxygen atoms in total. The lowest BCUT2D eigenvalue weighted by atomic mass is 10.3. The minimum atomic E-state index is -0.409. The topological polar surface area (TPSA) is 104 Å². The fourth-order valence-corrected chi connectivity index (χ4v) is 2.25. The second-order valence-electron chi connectivity index (χ2n) is 5.68. The number of hydrogen-bond donors (Lipinski definition) is 1. The summed E-state index contributed by atoms with van der Waals surface area (Å²) >= 11 is 0. The van der Waals surface area contributed by atoms with Crippen molar-refractivity contribution in [2.45, 2.75) is 19.9 Å². The zero-order chi connectivity index (χ0) is 18.5. The van der Waals surface area contributed by atoms with Crippen LogP contribution in [0.15, 0.2) is 40.9 Å². The lowest BCUT2D eigenvalue weighted by molar-refractivity contribution is -0.118. The molecular formula is C17H19N5O4. The second-order valence-corrected chi connectivity index (χ2v) is 5.68. The molecule has 0 saturated heterocycles. The molecule has 0 spiro atoms. The van der Waals surface area contributed by atoms with Gasteiger partial charge in [-0.05, 0) is 44.2 Å². The Balaban J connectivity index is 1.58. The van der Waals surface area contributed by atoms with Crippen molar-refractivity contribution in [3.8, 4) is 23.1 Å². The molecule has 0 aliphatic heterocycles. The summed E-state index contributed by atoms with van der Waals surface area (Å²) in [6, 6.07) is 8.83. The first-order chi connectivity index (χ1) is 12.6. The number of amides is 1. The van der Waals surface area contributed by atoms with Crippen molar-refractivity contribution in [2.75, 3.05) is 19.0 Å². The van der Waals surface area contributed by atoms with Gasteiger partial charge >= 0.3 is 6.01 Å². The lowest BCUT2D eigenvalue weighted by Crippen LogP contribution is -2.20. The molecule has 1 amide bonds. The van der Waals surface area contributed by atoms with Crippen LogP contribution < -0.4 is 14.8 Å². The van der Waals surface area contributed by atoms with Gasteiger partial charge in [-0.2, -0.15) is 5.10 Å². The monoisotopic (exact) mass is 357 g/mol. The molecule has 0 bridgehead atoms. The van der Waals surface area contributed by atoms with E-state index < -0.39 is 5.91 Å². The number of methoxy groups -OCH3 is 1. The van der Waals surface area contributed by atoms with Crippen LogP contribution in [0.1, 0.15) is 19.9 Å². The predicted octanol–water partition coefficient (Wildman–Crippen LogP) is 2.54. The molecule has 0 fully saturated rings. The van der Waals surface area contributed by atoms with Crippen LogP contribution in [0, 0.1) is 0 Å². The lowest BCUT2D eigenvalue weighted by Gasteiger charge is -2.07. The van der Waals surface area contributed by atoms with Crippen LogP contribution >= 0.6 is 0 Å². The van der Waals surface area contributed by atoms with E-state index >= 15 is 0 Å². The summed E-state index contributed by atoms with van der Waals surface area (Å²) in [5, 5.41) is 14.5. The van der Waals surface area contributed by atoms with Crippen LogP contribution in [0.3, 0.4) is 0 Å². The van der Waals surface area contributed by atoms with Gasteiger partial charge in [-0.25, -0.2) is 0 Å². The van der Waals surface area contributed by atoms with Gasteiger partial charge in [-0.3, -0.25) is 14.8 Å². The highest BCUT2D eigenvalue weighted by Crippen LogP contribution is 2.22. The van der Waals surface area contributed by atoms with E-state index in [1.165, 1.54) is 0 Å². The van der Waals surface area contributed by atoms with Crippen LogP contribution in [0.5, 0.6) is 11.5 Å². The Morgan fingerprint density at radius 1 is 1.19 bits per heavy atom. The fourth-order valence-electron chi connectivity index (χ4n) is 2.25. The van der Waals surface area contributed by atoms with Crippen molar-refractivity contribution < 1.29 is 18.7 Å². The number of ether oxygens (including phenoxy) is 2. The molecule has 0 unspecified atom stereocenters. The molecule has 1 aromatic carbocycles. The summed E-state index contributed by atoms with van der Waals surface area (Å²) in [4.78, 5) is 12.0. The minimum absolute atomic E-state index is 0.000151. The van der Waals surface area contributed by atoms with Crippen molar-refractivity contribution in [1.82, 2.24) is 20.0 Å². The van der Waals surface area contributed by atoms with Gasteiger partial charge in [-0.1, -0.05) is 5.10 Å². The van der Waals surface area contributed by atoms with E-state index in [4.69, 9.17) is 13.9 Å². The van der Waals surface area contributed by atoms with E-state index in [1.807, 2.05) is 13.8 Å².